The summed E-state index contributed by atoms with van der Waals surface area (Å²) in [5, 5.41) is 2.90. The average Bonchev–Trinajstić information content (AvgIpc) is 2.49. The molecule has 0 aliphatic rings. The minimum Gasteiger partial charge on any atom is -0.349 e. The molecule has 0 saturated carbocycles. The Morgan fingerprint density at radius 2 is 1.86 bits per heavy atom. The molecule has 4 heteroatoms. The van der Waals surface area contributed by atoms with E-state index < -0.39 is 5.82 Å². The van der Waals surface area contributed by atoms with Gasteiger partial charge in [0.2, 0.25) is 0 Å². The number of carbonyl (C=O) groups is 1. The van der Waals surface area contributed by atoms with E-state index in [9.17, 15) is 9.18 Å². The molecule has 0 heterocycles. The Balaban J connectivity index is 2.08. The highest BCUT2D eigenvalue weighted by molar-refractivity contribution is 9.10. The number of carbonyl (C=O) groups excluding carboxylic acids is 1. The van der Waals surface area contributed by atoms with Crippen LogP contribution in [0.4, 0.5) is 4.39 Å². The lowest BCUT2D eigenvalue weighted by Crippen LogP contribution is -2.36. The second kappa shape index (κ2) is 7.36. The minimum absolute atomic E-state index is 0.0317. The second-order valence-corrected chi connectivity index (χ2v) is 5.71. The van der Waals surface area contributed by atoms with Gasteiger partial charge < -0.3 is 5.32 Å². The first-order chi connectivity index (χ1) is 10.1. The molecule has 2 aromatic rings. The lowest BCUT2D eigenvalue weighted by Gasteiger charge is -2.18. The highest BCUT2D eigenvalue weighted by Crippen LogP contribution is 2.18. The Morgan fingerprint density at radius 3 is 2.52 bits per heavy atom. The average molecular weight is 350 g/mol. The van der Waals surface area contributed by atoms with E-state index in [4.69, 9.17) is 0 Å². The maximum atomic E-state index is 13.6. The summed E-state index contributed by atoms with van der Waals surface area (Å²) < 4.78 is 14.6. The van der Waals surface area contributed by atoms with E-state index in [0.717, 1.165) is 16.5 Å². The van der Waals surface area contributed by atoms with Crippen LogP contribution in [-0.4, -0.2) is 11.9 Å². The van der Waals surface area contributed by atoms with E-state index in [2.05, 4.69) is 21.2 Å². The van der Waals surface area contributed by atoms with Crippen molar-refractivity contribution in [2.24, 2.45) is 0 Å². The molecular weight excluding hydrogens is 333 g/mol. The Morgan fingerprint density at radius 1 is 1.19 bits per heavy atom. The normalized spacial score (nSPS) is 12.0. The van der Waals surface area contributed by atoms with Crippen molar-refractivity contribution < 1.29 is 9.18 Å². The van der Waals surface area contributed by atoms with E-state index in [-0.39, 0.29) is 17.5 Å². The van der Waals surface area contributed by atoms with E-state index in [1.54, 1.807) is 12.1 Å². The zero-order valence-electron chi connectivity index (χ0n) is 11.8. The molecule has 1 N–H and O–H groups in total. The highest BCUT2D eigenvalue weighted by atomic mass is 79.9. The van der Waals surface area contributed by atoms with Crippen LogP contribution in [0.15, 0.2) is 53.0 Å². The Bertz CT molecular complexity index is 630. The fourth-order valence-corrected chi connectivity index (χ4v) is 2.58. The smallest absolute Gasteiger partial charge is 0.254 e. The summed E-state index contributed by atoms with van der Waals surface area (Å²) in [5.41, 5.74) is 1.21. The van der Waals surface area contributed by atoms with Crippen LogP contribution in [-0.2, 0) is 6.42 Å². The van der Waals surface area contributed by atoms with Gasteiger partial charge in [-0.05, 0) is 36.6 Å². The summed E-state index contributed by atoms with van der Waals surface area (Å²) in [6, 6.07) is 13.9. The summed E-state index contributed by atoms with van der Waals surface area (Å²) in [6.45, 7) is 2.00. The maximum Gasteiger partial charge on any atom is 0.254 e. The number of amides is 1. The third-order valence-corrected chi connectivity index (χ3v) is 4.14. The van der Waals surface area contributed by atoms with Crippen molar-refractivity contribution in [2.75, 3.05) is 0 Å². The van der Waals surface area contributed by atoms with Gasteiger partial charge in [0.25, 0.3) is 5.91 Å². The topological polar surface area (TPSA) is 29.1 Å². The first kappa shape index (κ1) is 15.7. The van der Waals surface area contributed by atoms with E-state index in [0.29, 0.717) is 6.42 Å². The van der Waals surface area contributed by atoms with Gasteiger partial charge >= 0.3 is 0 Å². The van der Waals surface area contributed by atoms with Gasteiger partial charge in [-0.2, -0.15) is 0 Å². The molecule has 1 atom stereocenters. The van der Waals surface area contributed by atoms with Crippen LogP contribution in [0, 0.1) is 5.82 Å². The van der Waals surface area contributed by atoms with Crippen LogP contribution < -0.4 is 5.32 Å². The van der Waals surface area contributed by atoms with Gasteiger partial charge in [-0.15, -0.1) is 0 Å². The number of hydrogen-bond acceptors (Lipinski definition) is 1. The monoisotopic (exact) mass is 349 g/mol. The SMILES string of the molecule is CCC(Cc1ccccc1Br)NC(=O)c1ccccc1F. The zero-order chi connectivity index (χ0) is 15.2. The molecule has 1 amide bonds. The van der Waals surface area contributed by atoms with Gasteiger partial charge in [0.15, 0.2) is 0 Å². The third-order valence-electron chi connectivity index (χ3n) is 3.37. The Kier molecular flexibility index (Phi) is 5.51. The summed E-state index contributed by atoms with van der Waals surface area (Å²) in [4.78, 5) is 12.1. The third kappa shape index (κ3) is 4.14. The number of hydrogen-bond donors (Lipinski definition) is 1. The lowest BCUT2D eigenvalue weighted by atomic mass is 10.0. The van der Waals surface area contributed by atoms with E-state index in [1.165, 1.54) is 12.1 Å². The van der Waals surface area contributed by atoms with E-state index in [1.807, 2.05) is 31.2 Å². The van der Waals surface area contributed by atoms with Gasteiger partial charge in [0, 0.05) is 10.5 Å². The molecule has 2 aromatic carbocycles. The first-order valence-corrected chi connectivity index (χ1v) is 7.70. The second-order valence-electron chi connectivity index (χ2n) is 4.85. The molecule has 110 valence electrons. The van der Waals surface area contributed by atoms with Crippen molar-refractivity contribution in [3.8, 4) is 0 Å². The van der Waals surface area contributed by atoms with Gasteiger partial charge in [-0.3, -0.25) is 4.79 Å². The van der Waals surface area contributed by atoms with Crippen LogP contribution in [0.2, 0.25) is 0 Å². The molecule has 2 rings (SSSR count). The van der Waals surface area contributed by atoms with Gasteiger partial charge in [0.1, 0.15) is 5.82 Å². The molecule has 0 radical (unpaired) electrons. The molecule has 0 aromatic heterocycles. The number of halogens is 2. The van der Waals surface area contributed by atoms with Crippen molar-refractivity contribution in [3.63, 3.8) is 0 Å². The summed E-state index contributed by atoms with van der Waals surface area (Å²) in [5.74, 6) is -0.863. The molecule has 0 saturated heterocycles. The summed E-state index contributed by atoms with van der Waals surface area (Å²) in [7, 11) is 0. The molecule has 0 aliphatic heterocycles. The van der Waals surface area contributed by atoms with Crippen LogP contribution in [0.3, 0.4) is 0 Å². The fourth-order valence-electron chi connectivity index (χ4n) is 2.14. The summed E-state index contributed by atoms with van der Waals surface area (Å²) >= 11 is 3.50. The van der Waals surface area contributed by atoms with Crippen LogP contribution in [0.25, 0.3) is 0 Å². The van der Waals surface area contributed by atoms with Crippen LogP contribution >= 0.6 is 15.9 Å². The molecule has 0 aliphatic carbocycles. The lowest BCUT2D eigenvalue weighted by molar-refractivity contribution is 0.0931. The van der Waals surface area contributed by atoms with Crippen molar-refractivity contribution in [3.05, 3.63) is 69.9 Å². The van der Waals surface area contributed by atoms with Crippen molar-refractivity contribution >= 4 is 21.8 Å². The van der Waals surface area contributed by atoms with Crippen LogP contribution in [0.1, 0.15) is 29.3 Å². The maximum absolute atomic E-state index is 13.6. The molecule has 0 spiro atoms. The highest BCUT2D eigenvalue weighted by Gasteiger charge is 2.16. The number of rotatable bonds is 5. The number of nitrogens with one attached hydrogen (secondary N) is 1. The molecule has 21 heavy (non-hydrogen) atoms. The van der Waals surface area contributed by atoms with Gasteiger partial charge in [-0.1, -0.05) is 53.2 Å². The quantitative estimate of drug-likeness (QED) is 0.854. The standard InChI is InChI=1S/C17H17BrFNO/c1-2-13(11-12-7-3-5-9-15(12)18)20-17(21)14-8-4-6-10-16(14)19/h3-10,13H,2,11H2,1H3,(H,20,21). The number of benzene rings is 2. The first-order valence-electron chi connectivity index (χ1n) is 6.90. The van der Waals surface area contributed by atoms with Gasteiger partial charge in [-0.25, -0.2) is 4.39 Å². The molecular formula is C17H17BrFNO. The predicted molar refractivity (Wildman–Crippen MR) is 85.8 cm³/mol. The fraction of sp³-hybridized carbons (Fsp3) is 0.235. The Hall–Kier alpha value is -1.68. The predicted octanol–water partition coefficient (Wildman–Crippen LogP) is 4.34. The van der Waals surface area contributed by atoms with E-state index >= 15 is 0 Å². The molecule has 1 unspecified atom stereocenters. The van der Waals surface area contributed by atoms with Gasteiger partial charge in [0.05, 0.1) is 5.56 Å². The zero-order valence-corrected chi connectivity index (χ0v) is 13.4. The Labute approximate surface area is 132 Å². The molecule has 0 bridgehead atoms. The van der Waals surface area contributed by atoms with Crippen molar-refractivity contribution in [2.45, 2.75) is 25.8 Å². The molecule has 2 nitrogen and oxygen atoms in total. The molecule has 0 fully saturated rings. The minimum atomic E-state index is -0.495. The largest absolute Gasteiger partial charge is 0.349 e. The summed E-state index contributed by atoms with van der Waals surface area (Å²) in [6.07, 6.45) is 1.49. The van der Waals surface area contributed by atoms with Crippen molar-refractivity contribution in [1.82, 2.24) is 5.32 Å². The van der Waals surface area contributed by atoms with Crippen molar-refractivity contribution in [1.29, 1.82) is 0 Å². The van der Waals surface area contributed by atoms with Crippen LogP contribution in [0.5, 0.6) is 0 Å².